The van der Waals surface area contributed by atoms with Crippen molar-refractivity contribution < 1.29 is 14.7 Å². The number of nitrogens with zero attached hydrogens (tertiary/aromatic N) is 2. The van der Waals surface area contributed by atoms with E-state index in [1.165, 1.54) is 0 Å². The van der Waals surface area contributed by atoms with Crippen LogP contribution in [0.25, 0.3) is 0 Å². The molecule has 0 radical (unpaired) electrons. The van der Waals surface area contributed by atoms with Gasteiger partial charge in [-0.3, -0.25) is 4.79 Å². The lowest BCUT2D eigenvalue weighted by atomic mass is 9.85. The van der Waals surface area contributed by atoms with E-state index in [2.05, 4.69) is 13.8 Å². The summed E-state index contributed by atoms with van der Waals surface area (Å²) >= 11 is 0. The van der Waals surface area contributed by atoms with Crippen LogP contribution in [0.3, 0.4) is 0 Å². The zero-order valence-corrected chi connectivity index (χ0v) is 13.5. The van der Waals surface area contributed by atoms with Crippen LogP contribution in [0.15, 0.2) is 0 Å². The number of piperidine rings is 1. The van der Waals surface area contributed by atoms with Gasteiger partial charge in [0.2, 0.25) is 0 Å². The molecule has 2 rings (SSSR count). The third kappa shape index (κ3) is 3.89. The van der Waals surface area contributed by atoms with E-state index < -0.39 is 5.97 Å². The van der Waals surface area contributed by atoms with Gasteiger partial charge in [-0.15, -0.1) is 0 Å². The summed E-state index contributed by atoms with van der Waals surface area (Å²) in [7, 11) is 0. The molecule has 0 aromatic carbocycles. The van der Waals surface area contributed by atoms with Gasteiger partial charge in [0.15, 0.2) is 0 Å². The number of aliphatic carboxylic acids is 1. The number of hydrogen-bond donors (Lipinski definition) is 1. The highest BCUT2D eigenvalue weighted by Gasteiger charge is 2.35. The van der Waals surface area contributed by atoms with Gasteiger partial charge >= 0.3 is 12.0 Å². The predicted molar refractivity (Wildman–Crippen MR) is 81.1 cm³/mol. The zero-order chi connectivity index (χ0) is 15.6. The topological polar surface area (TPSA) is 60.9 Å². The van der Waals surface area contributed by atoms with Crippen molar-refractivity contribution in [2.24, 2.45) is 11.3 Å². The molecule has 0 aliphatic carbocycles. The Morgan fingerprint density at radius 3 is 2.48 bits per heavy atom. The van der Waals surface area contributed by atoms with Crippen LogP contribution in [-0.4, -0.2) is 52.6 Å². The Bertz CT molecular complexity index is 408. The highest BCUT2D eigenvalue weighted by Crippen LogP contribution is 2.31. The van der Waals surface area contributed by atoms with Crippen LogP contribution in [-0.2, 0) is 4.79 Å². The smallest absolute Gasteiger partial charge is 0.320 e. The van der Waals surface area contributed by atoms with Crippen LogP contribution in [0.1, 0.15) is 52.9 Å². The molecule has 2 heterocycles. The van der Waals surface area contributed by atoms with E-state index in [1.807, 2.05) is 16.7 Å². The molecule has 2 aliphatic rings. The molecule has 2 amide bonds. The van der Waals surface area contributed by atoms with Crippen molar-refractivity contribution in [1.82, 2.24) is 9.80 Å². The second-order valence-electron chi connectivity index (χ2n) is 7.39. The minimum absolute atomic E-state index is 0.0172. The Hall–Kier alpha value is -1.26. The molecule has 2 unspecified atom stereocenters. The fraction of sp³-hybridized carbons (Fsp3) is 0.875. The summed E-state index contributed by atoms with van der Waals surface area (Å²) in [6.07, 6.45) is 4.40. The van der Waals surface area contributed by atoms with Crippen LogP contribution >= 0.6 is 0 Å². The highest BCUT2D eigenvalue weighted by molar-refractivity contribution is 5.76. The van der Waals surface area contributed by atoms with Crippen LogP contribution in [0.4, 0.5) is 4.79 Å². The van der Waals surface area contributed by atoms with E-state index in [0.29, 0.717) is 24.8 Å². The normalized spacial score (nSPS) is 29.9. The Morgan fingerprint density at radius 1 is 1.14 bits per heavy atom. The average Bonchev–Trinajstić information content (AvgIpc) is 2.58. The lowest BCUT2D eigenvalue weighted by Crippen LogP contribution is -2.51. The molecule has 0 spiro atoms. The van der Waals surface area contributed by atoms with Crippen molar-refractivity contribution in [3.05, 3.63) is 0 Å². The Kier molecular flexibility index (Phi) is 4.79. The maximum absolute atomic E-state index is 12.7. The Labute approximate surface area is 127 Å². The van der Waals surface area contributed by atoms with E-state index in [-0.39, 0.29) is 18.0 Å². The molecule has 120 valence electrons. The molecule has 0 saturated carbocycles. The molecule has 2 saturated heterocycles. The molecule has 5 heteroatoms. The van der Waals surface area contributed by atoms with Crippen LogP contribution in [0.5, 0.6) is 0 Å². The lowest BCUT2D eigenvalue weighted by Gasteiger charge is -2.39. The van der Waals surface area contributed by atoms with Gasteiger partial charge in [-0.1, -0.05) is 13.8 Å². The van der Waals surface area contributed by atoms with Crippen LogP contribution < -0.4 is 0 Å². The maximum atomic E-state index is 12.7. The average molecular weight is 296 g/mol. The first-order valence-corrected chi connectivity index (χ1v) is 8.08. The minimum Gasteiger partial charge on any atom is -0.481 e. The van der Waals surface area contributed by atoms with E-state index in [1.54, 1.807) is 0 Å². The first-order chi connectivity index (χ1) is 9.80. The fourth-order valence-electron chi connectivity index (χ4n) is 3.48. The first-order valence-electron chi connectivity index (χ1n) is 8.08. The highest BCUT2D eigenvalue weighted by atomic mass is 16.4. The van der Waals surface area contributed by atoms with Gasteiger partial charge in [-0.25, -0.2) is 4.79 Å². The summed E-state index contributed by atoms with van der Waals surface area (Å²) in [5.41, 5.74) is 0.316. The summed E-state index contributed by atoms with van der Waals surface area (Å²) < 4.78 is 0. The summed E-state index contributed by atoms with van der Waals surface area (Å²) in [6, 6.07) is 0.118. The minimum atomic E-state index is -0.731. The number of carboxylic acids is 1. The number of amides is 2. The molecule has 1 N–H and O–H groups in total. The largest absolute Gasteiger partial charge is 0.481 e. The molecule has 2 fully saturated rings. The number of hydrogen-bond acceptors (Lipinski definition) is 2. The monoisotopic (exact) mass is 296 g/mol. The van der Waals surface area contributed by atoms with E-state index in [4.69, 9.17) is 5.11 Å². The molecule has 21 heavy (non-hydrogen) atoms. The van der Waals surface area contributed by atoms with Gasteiger partial charge in [0.1, 0.15) is 0 Å². The quantitative estimate of drug-likeness (QED) is 0.809. The van der Waals surface area contributed by atoms with Gasteiger partial charge in [0.05, 0.1) is 5.92 Å². The standard InChI is InChI=1S/C16H28N2O3/c1-12-11-13(14(19)20)5-9-18(12)15(21)17-8-4-6-16(2,3)7-10-17/h12-13H,4-11H2,1-3H3,(H,19,20). The predicted octanol–water partition coefficient (Wildman–Crippen LogP) is 2.80. The maximum Gasteiger partial charge on any atom is 0.320 e. The van der Waals surface area contributed by atoms with Gasteiger partial charge in [-0.2, -0.15) is 0 Å². The third-order valence-corrected chi connectivity index (χ3v) is 5.08. The lowest BCUT2D eigenvalue weighted by molar-refractivity contribution is -0.143. The molecule has 2 atom stereocenters. The molecule has 0 bridgehead atoms. The van der Waals surface area contributed by atoms with Crippen molar-refractivity contribution in [3.8, 4) is 0 Å². The van der Waals surface area contributed by atoms with Crippen molar-refractivity contribution in [1.29, 1.82) is 0 Å². The van der Waals surface area contributed by atoms with Gasteiger partial charge in [0.25, 0.3) is 0 Å². The number of carbonyl (C=O) groups is 2. The Morgan fingerprint density at radius 2 is 1.86 bits per heavy atom. The van der Waals surface area contributed by atoms with Gasteiger partial charge < -0.3 is 14.9 Å². The third-order valence-electron chi connectivity index (χ3n) is 5.08. The van der Waals surface area contributed by atoms with Crippen molar-refractivity contribution >= 4 is 12.0 Å². The fourth-order valence-corrected chi connectivity index (χ4v) is 3.48. The van der Waals surface area contributed by atoms with E-state index in [0.717, 1.165) is 32.4 Å². The summed E-state index contributed by atoms with van der Waals surface area (Å²) in [4.78, 5) is 27.6. The van der Waals surface area contributed by atoms with Crippen LogP contribution in [0, 0.1) is 11.3 Å². The Balaban J connectivity index is 1.95. The first kappa shape index (κ1) is 16.1. The summed E-state index contributed by atoms with van der Waals surface area (Å²) in [5, 5.41) is 9.11. The number of carbonyl (C=O) groups excluding carboxylic acids is 1. The molecule has 5 nitrogen and oxygen atoms in total. The van der Waals surface area contributed by atoms with Crippen molar-refractivity contribution in [3.63, 3.8) is 0 Å². The second kappa shape index (κ2) is 6.24. The zero-order valence-electron chi connectivity index (χ0n) is 13.5. The molecule has 0 aromatic heterocycles. The number of rotatable bonds is 1. The van der Waals surface area contributed by atoms with Gasteiger partial charge in [0, 0.05) is 25.7 Å². The molecule has 2 aliphatic heterocycles. The van der Waals surface area contributed by atoms with Crippen molar-refractivity contribution in [2.45, 2.75) is 58.9 Å². The van der Waals surface area contributed by atoms with Crippen molar-refractivity contribution in [2.75, 3.05) is 19.6 Å². The molecule has 0 aromatic rings. The van der Waals surface area contributed by atoms with E-state index >= 15 is 0 Å². The van der Waals surface area contributed by atoms with Gasteiger partial charge in [-0.05, 0) is 44.4 Å². The van der Waals surface area contributed by atoms with E-state index in [9.17, 15) is 9.59 Å². The number of carboxylic acid groups (broad SMARTS) is 1. The molecular weight excluding hydrogens is 268 g/mol. The number of likely N-dealkylation sites (tertiary alicyclic amines) is 2. The summed E-state index contributed by atoms with van der Waals surface area (Å²) in [5.74, 6) is -1.03. The summed E-state index contributed by atoms with van der Waals surface area (Å²) in [6.45, 7) is 8.71. The second-order valence-corrected chi connectivity index (χ2v) is 7.39. The van der Waals surface area contributed by atoms with Crippen LogP contribution in [0.2, 0.25) is 0 Å². The number of urea groups is 1. The molecular formula is C16H28N2O3. The SMILES string of the molecule is CC1CC(C(=O)O)CCN1C(=O)N1CCCC(C)(C)CC1.